The molecule has 1 N–H and O–H groups in total. The van der Waals surface area contributed by atoms with Gasteiger partial charge in [0, 0.05) is 0 Å². The number of halogens is 1. The molecule has 6 heteroatoms. The van der Waals surface area contributed by atoms with E-state index in [1.54, 1.807) is 22.8 Å². The van der Waals surface area contributed by atoms with Gasteiger partial charge < -0.3 is 5.32 Å². The van der Waals surface area contributed by atoms with Crippen LogP contribution < -0.4 is 5.32 Å². The zero-order valence-corrected chi connectivity index (χ0v) is 12.3. The molecular formula is C16H15FN4O. The minimum absolute atomic E-state index is 0.165. The summed E-state index contributed by atoms with van der Waals surface area (Å²) in [6, 6.07) is 7.74. The third-order valence-electron chi connectivity index (χ3n) is 3.28. The van der Waals surface area contributed by atoms with E-state index in [4.69, 9.17) is 0 Å². The number of fused-ring (bicyclic) bond motifs is 1. The fourth-order valence-corrected chi connectivity index (χ4v) is 2.32. The quantitative estimate of drug-likeness (QED) is 0.808. The first-order valence-corrected chi connectivity index (χ1v) is 6.89. The molecule has 0 saturated heterocycles. The predicted molar refractivity (Wildman–Crippen MR) is 81.2 cm³/mol. The zero-order valence-electron chi connectivity index (χ0n) is 12.3. The van der Waals surface area contributed by atoms with Gasteiger partial charge in [0.1, 0.15) is 11.6 Å². The first-order valence-electron chi connectivity index (χ1n) is 6.89. The van der Waals surface area contributed by atoms with Crippen LogP contribution in [0.2, 0.25) is 0 Å². The van der Waals surface area contributed by atoms with Gasteiger partial charge in [-0.2, -0.15) is 5.10 Å². The number of carbonyl (C=O) groups is 1. The van der Waals surface area contributed by atoms with Crippen molar-refractivity contribution in [3.05, 3.63) is 59.3 Å². The summed E-state index contributed by atoms with van der Waals surface area (Å²) in [6.45, 7) is 3.73. The lowest BCUT2D eigenvalue weighted by Gasteiger charge is -2.07. The number of nitrogens with one attached hydrogen (secondary N) is 1. The van der Waals surface area contributed by atoms with E-state index in [0.717, 1.165) is 16.8 Å². The summed E-state index contributed by atoms with van der Waals surface area (Å²) in [4.78, 5) is 16.4. The minimum Gasteiger partial charge on any atom is -0.324 e. The van der Waals surface area contributed by atoms with Crippen LogP contribution in [0.1, 0.15) is 17.0 Å². The Kier molecular flexibility index (Phi) is 3.58. The van der Waals surface area contributed by atoms with E-state index >= 15 is 0 Å². The molecule has 1 aromatic carbocycles. The molecule has 5 nitrogen and oxygen atoms in total. The second-order valence-corrected chi connectivity index (χ2v) is 5.19. The van der Waals surface area contributed by atoms with Crippen LogP contribution in [-0.2, 0) is 11.2 Å². The molecule has 2 aromatic heterocycles. The van der Waals surface area contributed by atoms with Gasteiger partial charge in [-0.15, -0.1) is 0 Å². The molecule has 3 aromatic rings. The van der Waals surface area contributed by atoms with Crippen molar-refractivity contribution in [2.24, 2.45) is 0 Å². The van der Waals surface area contributed by atoms with Crippen molar-refractivity contribution in [3.8, 4) is 0 Å². The van der Waals surface area contributed by atoms with Crippen LogP contribution in [0.5, 0.6) is 0 Å². The molecule has 0 aliphatic carbocycles. The topological polar surface area (TPSA) is 59.3 Å². The van der Waals surface area contributed by atoms with Gasteiger partial charge in [0.15, 0.2) is 5.65 Å². The summed E-state index contributed by atoms with van der Waals surface area (Å²) in [5, 5.41) is 7.07. The van der Waals surface area contributed by atoms with Gasteiger partial charge in [-0.1, -0.05) is 12.1 Å². The van der Waals surface area contributed by atoms with E-state index < -0.39 is 0 Å². The van der Waals surface area contributed by atoms with Gasteiger partial charge in [-0.05, 0) is 43.2 Å². The van der Waals surface area contributed by atoms with Crippen LogP contribution in [-0.4, -0.2) is 20.5 Å². The van der Waals surface area contributed by atoms with Gasteiger partial charge in [0.05, 0.1) is 18.3 Å². The maximum absolute atomic E-state index is 12.8. The Balaban J connectivity index is 1.77. The largest absolute Gasteiger partial charge is 0.324 e. The molecular weight excluding hydrogens is 283 g/mol. The Morgan fingerprint density at radius 3 is 2.73 bits per heavy atom. The van der Waals surface area contributed by atoms with Crippen molar-refractivity contribution >= 4 is 17.2 Å². The summed E-state index contributed by atoms with van der Waals surface area (Å²) >= 11 is 0. The Hall–Kier alpha value is -2.76. The second kappa shape index (κ2) is 5.55. The average Bonchev–Trinajstić information content (AvgIpc) is 2.82. The first-order chi connectivity index (χ1) is 10.5. The zero-order chi connectivity index (χ0) is 15.7. The SMILES string of the molecule is Cc1nc2c(C)cc(NC(=O)Cc3ccc(F)cc3)cn2n1. The molecule has 1 amide bonds. The number of rotatable bonds is 3. The number of hydrogen-bond acceptors (Lipinski definition) is 3. The smallest absolute Gasteiger partial charge is 0.228 e. The van der Waals surface area contributed by atoms with Gasteiger partial charge in [-0.25, -0.2) is 13.9 Å². The Morgan fingerprint density at radius 2 is 2.00 bits per heavy atom. The van der Waals surface area contributed by atoms with E-state index in [1.807, 2.05) is 19.9 Å². The number of aryl methyl sites for hydroxylation is 2. The maximum atomic E-state index is 12.8. The number of pyridine rings is 1. The third kappa shape index (κ3) is 2.95. The fourth-order valence-electron chi connectivity index (χ4n) is 2.32. The molecule has 0 fully saturated rings. The average molecular weight is 298 g/mol. The highest BCUT2D eigenvalue weighted by Crippen LogP contribution is 2.15. The van der Waals surface area contributed by atoms with E-state index in [1.165, 1.54) is 12.1 Å². The predicted octanol–water partition coefficient (Wildman–Crippen LogP) is 2.67. The molecule has 3 rings (SSSR count). The van der Waals surface area contributed by atoms with Crippen molar-refractivity contribution in [2.45, 2.75) is 20.3 Å². The highest BCUT2D eigenvalue weighted by molar-refractivity contribution is 5.92. The fraction of sp³-hybridized carbons (Fsp3) is 0.188. The van der Waals surface area contributed by atoms with Crippen molar-refractivity contribution < 1.29 is 9.18 Å². The van der Waals surface area contributed by atoms with Crippen LogP contribution in [0, 0.1) is 19.7 Å². The monoisotopic (exact) mass is 298 g/mol. The van der Waals surface area contributed by atoms with Crippen LogP contribution in [0.4, 0.5) is 10.1 Å². The molecule has 0 aliphatic rings. The molecule has 0 aliphatic heterocycles. The summed E-state index contributed by atoms with van der Waals surface area (Å²) in [5.41, 5.74) is 3.12. The van der Waals surface area contributed by atoms with Gasteiger partial charge in [0.25, 0.3) is 0 Å². The normalized spacial score (nSPS) is 10.9. The van der Waals surface area contributed by atoms with E-state index in [-0.39, 0.29) is 18.1 Å². The van der Waals surface area contributed by atoms with Crippen LogP contribution >= 0.6 is 0 Å². The lowest BCUT2D eigenvalue weighted by atomic mass is 10.1. The summed E-state index contributed by atoms with van der Waals surface area (Å²) < 4.78 is 14.5. The van der Waals surface area contributed by atoms with Crippen molar-refractivity contribution in [1.29, 1.82) is 0 Å². The van der Waals surface area contributed by atoms with E-state index in [0.29, 0.717) is 11.5 Å². The van der Waals surface area contributed by atoms with Gasteiger partial charge in [-0.3, -0.25) is 4.79 Å². The summed E-state index contributed by atoms with van der Waals surface area (Å²) in [7, 11) is 0. The number of anilines is 1. The number of amides is 1. The molecule has 0 unspecified atom stereocenters. The third-order valence-corrected chi connectivity index (χ3v) is 3.28. The van der Waals surface area contributed by atoms with Crippen LogP contribution in [0.25, 0.3) is 5.65 Å². The number of nitrogens with zero attached hydrogens (tertiary/aromatic N) is 3. The van der Waals surface area contributed by atoms with Crippen LogP contribution in [0.3, 0.4) is 0 Å². The standard InChI is InChI=1S/C16H15FN4O/c1-10-7-14(9-21-16(10)18-11(2)20-21)19-15(22)8-12-3-5-13(17)6-4-12/h3-7,9H,8H2,1-2H3,(H,19,22). The molecule has 112 valence electrons. The highest BCUT2D eigenvalue weighted by Gasteiger charge is 2.08. The number of carbonyl (C=O) groups excluding carboxylic acids is 1. The van der Waals surface area contributed by atoms with E-state index in [2.05, 4.69) is 15.4 Å². The minimum atomic E-state index is -0.313. The lowest BCUT2D eigenvalue weighted by molar-refractivity contribution is -0.115. The highest BCUT2D eigenvalue weighted by atomic mass is 19.1. The molecule has 0 bridgehead atoms. The van der Waals surface area contributed by atoms with Gasteiger partial charge in [0.2, 0.25) is 5.91 Å². The van der Waals surface area contributed by atoms with Crippen molar-refractivity contribution in [1.82, 2.24) is 14.6 Å². The Morgan fingerprint density at radius 1 is 1.27 bits per heavy atom. The second-order valence-electron chi connectivity index (χ2n) is 5.19. The number of hydrogen-bond donors (Lipinski definition) is 1. The van der Waals surface area contributed by atoms with Crippen LogP contribution in [0.15, 0.2) is 36.5 Å². The molecule has 22 heavy (non-hydrogen) atoms. The molecule has 0 saturated carbocycles. The number of aromatic nitrogens is 3. The number of benzene rings is 1. The summed E-state index contributed by atoms with van der Waals surface area (Å²) in [5.74, 6) is 0.201. The lowest BCUT2D eigenvalue weighted by Crippen LogP contribution is -2.15. The van der Waals surface area contributed by atoms with E-state index in [9.17, 15) is 9.18 Å². The summed E-state index contributed by atoms with van der Waals surface area (Å²) in [6.07, 6.45) is 1.92. The molecule has 0 radical (unpaired) electrons. The van der Waals surface area contributed by atoms with Crippen molar-refractivity contribution in [2.75, 3.05) is 5.32 Å². The van der Waals surface area contributed by atoms with Gasteiger partial charge >= 0.3 is 0 Å². The van der Waals surface area contributed by atoms with Crippen molar-refractivity contribution in [3.63, 3.8) is 0 Å². The maximum Gasteiger partial charge on any atom is 0.228 e. The first kappa shape index (κ1) is 14.2. The molecule has 0 spiro atoms. The molecule has 2 heterocycles. The Labute approximate surface area is 126 Å². The molecule has 0 atom stereocenters. The Bertz CT molecular complexity index is 839.